The summed E-state index contributed by atoms with van der Waals surface area (Å²) < 4.78 is 6.10. The Morgan fingerprint density at radius 2 is 2.00 bits per heavy atom. The summed E-state index contributed by atoms with van der Waals surface area (Å²) in [7, 11) is 0. The van der Waals surface area contributed by atoms with Gasteiger partial charge in [-0.1, -0.05) is 44.2 Å². The van der Waals surface area contributed by atoms with Crippen LogP contribution in [0.15, 0.2) is 30.3 Å². The summed E-state index contributed by atoms with van der Waals surface area (Å²) in [5, 5.41) is 0.233. The molecule has 2 heteroatoms. The van der Waals surface area contributed by atoms with Crippen molar-refractivity contribution in [1.82, 2.24) is 0 Å². The minimum Gasteiger partial charge on any atom is -0.370 e. The van der Waals surface area contributed by atoms with Gasteiger partial charge in [0.1, 0.15) is 0 Å². The zero-order valence-electron chi connectivity index (χ0n) is 9.95. The van der Waals surface area contributed by atoms with E-state index in [1.54, 1.807) is 0 Å². The number of rotatable bonds is 2. The summed E-state index contributed by atoms with van der Waals surface area (Å²) in [6.07, 6.45) is 1.87. The molecule has 0 spiro atoms. The fourth-order valence-electron chi connectivity index (χ4n) is 2.52. The van der Waals surface area contributed by atoms with Crippen molar-refractivity contribution in [3.63, 3.8) is 0 Å². The van der Waals surface area contributed by atoms with E-state index in [2.05, 4.69) is 38.1 Å². The van der Waals surface area contributed by atoms with Gasteiger partial charge >= 0.3 is 0 Å². The van der Waals surface area contributed by atoms with Crippen molar-refractivity contribution in [2.24, 2.45) is 5.92 Å². The number of ether oxygens (including phenoxy) is 1. The Kier molecular flexibility index (Phi) is 3.56. The highest BCUT2D eigenvalue weighted by atomic mass is 35.5. The molecule has 1 fully saturated rings. The Labute approximate surface area is 103 Å². The highest BCUT2D eigenvalue weighted by Crippen LogP contribution is 2.42. The maximum Gasteiger partial charge on any atom is 0.0968 e. The van der Waals surface area contributed by atoms with Gasteiger partial charge in [-0.3, -0.25) is 0 Å². The van der Waals surface area contributed by atoms with E-state index < -0.39 is 0 Å². The zero-order chi connectivity index (χ0) is 11.6. The molecule has 1 aliphatic heterocycles. The lowest BCUT2D eigenvalue weighted by molar-refractivity contribution is -0.113. The van der Waals surface area contributed by atoms with Gasteiger partial charge in [0, 0.05) is 12.0 Å². The summed E-state index contributed by atoms with van der Waals surface area (Å²) in [5.74, 6) is 0.441. The van der Waals surface area contributed by atoms with Gasteiger partial charge in [-0.2, -0.15) is 0 Å². The quantitative estimate of drug-likeness (QED) is 0.709. The molecule has 0 aliphatic carbocycles. The molecule has 2 rings (SSSR count). The third-order valence-electron chi connectivity index (χ3n) is 3.51. The van der Waals surface area contributed by atoms with Crippen molar-refractivity contribution < 1.29 is 4.74 Å². The fourth-order valence-corrected chi connectivity index (χ4v) is 2.83. The first-order valence-electron chi connectivity index (χ1n) is 5.99. The molecule has 1 saturated heterocycles. The van der Waals surface area contributed by atoms with E-state index in [1.807, 2.05) is 6.07 Å². The second-order valence-corrected chi connectivity index (χ2v) is 5.47. The van der Waals surface area contributed by atoms with E-state index in [4.69, 9.17) is 16.3 Å². The molecule has 1 aromatic carbocycles. The molecular weight excluding hydrogens is 220 g/mol. The summed E-state index contributed by atoms with van der Waals surface area (Å²) in [4.78, 5) is 0. The van der Waals surface area contributed by atoms with Crippen LogP contribution in [0.2, 0.25) is 0 Å². The number of benzene rings is 1. The van der Waals surface area contributed by atoms with Gasteiger partial charge in [0.15, 0.2) is 0 Å². The molecule has 1 heterocycles. The normalized spacial score (nSPS) is 30.6. The van der Waals surface area contributed by atoms with E-state index in [0.29, 0.717) is 5.92 Å². The monoisotopic (exact) mass is 238 g/mol. The van der Waals surface area contributed by atoms with Crippen molar-refractivity contribution in [3.05, 3.63) is 35.9 Å². The predicted octanol–water partition coefficient (Wildman–Crippen LogP) is 3.96. The summed E-state index contributed by atoms with van der Waals surface area (Å²) in [6, 6.07) is 10.5. The van der Waals surface area contributed by atoms with Gasteiger partial charge in [0.2, 0.25) is 0 Å². The number of hydrogen-bond donors (Lipinski definition) is 0. The number of hydrogen-bond acceptors (Lipinski definition) is 1. The van der Waals surface area contributed by atoms with Gasteiger partial charge in [0.05, 0.1) is 5.60 Å². The van der Waals surface area contributed by atoms with Crippen molar-refractivity contribution >= 4 is 11.6 Å². The highest BCUT2D eigenvalue weighted by Gasteiger charge is 2.41. The predicted molar refractivity (Wildman–Crippen MR) is 67.8 cm³/mol. The largest absolute Gasteiger partial charge is 0.370 e. The van der Waals surface area contributed by atoms with Crippen molar-refractivity contribution in [2.75, 3.05) is 6.61 Å². The SMILES string of the molecule is CC(C)C1(c2ccccc2)CC(Cl)CCO1. The maximum atomic E-state index is 6.31. The Bertz CT molecular complexity index is 336. The van der Waals surface area contributed by atoms with Gasteiger partial charge in [-0.25, -0.2) is 0 Å². The Hall–Kier alpha value is -0.530. The van der Waals surface area contributed by atoms with Crippen LogP contribution in [0.25, 0.3) is 0 Å². The van der Waals surface area contributed by atoms with Gasteiger partial charge in [0.25, 0.3) is 0 Å². The van der Waals surface area contributed by atoms with Crippen LogP contribution in [0.4, 0.5) is 0 Å². The Morgan fingerprint density at radius 3 is 2.56 bits per heavy atom. The summed E-state index contributed by atoms with van der Waals surface area (Å²) in [6.45, 7) is 5.19. The first-order valence-corrected chi connectivity index (χ1v) is 6.42. The van der Waals surface area contributed by atoms with Crippen LogP contribution in [0.3, 0.4) is 0 Å². The van der Waals surface area contributed by atoms with Crippen LogP contribution in [-0.2, 0) is 10.3 Å². The molecule has 16 heavy (non-hydrogen) atoms. The third-order valence-corrected chi connectivity index (χ3v) is 3.88. The smallest absolute Gasteiger partial charge is 0.0968 e. The molecule has 0 radical (unpaired) electrons. The molecule has 0 bridgehead atoms. The first-order chi connectivity index (χ1) is 7.65. The fraction of sp³-hybridized carbons (Fsp3) is 0.571. The van der Waals surface area contributed by atoms with E-state index in [9.17, 15) is 0 Å². The van der Waals surface area contributed by atoms with Crippen LogP contribution < -0.4 is 0 Å². The molecule has 2 atom stereocenters. The summed E-state index contributed by atoms with van der Waals surface area (Å²) >= 11 is 6.31. The zero-order valence-corrected chi connectivity index (χ0v) is 10.7. The van der Waals surface area contributed by atoms with E-state index in [1.165, 1.54) is 5.56 Å². The molecule has 2 unspecified atom stereocenters. The topological polar surface area (TPSA) is 9.23 Å². The number of alkyl halides is 1. The lowest BCUT2D eigenvalue weighted by Gasteiger charge is -2.43. The van der Waals surface area contributed by atoms with Crippen LogP contribution in [0.5, 0.6) is 0 Å². The molecule has 1 aliphatic rings. The third kappa shape index (κ3) is 2.11. The first kappa shape index (κ1) is 11.9. The molecule has 0 amide bonds. The number of halogens is 1. The van der Waals surface area contributed by atoms with Crippen LogP contribution in [0.1, 0.15) is 32.3 Å². The Balaban J connectivity index is 2.36. The van der Waals surface area contributed by atoms with Crippen LogP contribution in [-0.4, -0.2) is 12.0 Å². The molecule has 1 aromatic rings. The standard InChI is InChI=1S/C14H19ClO/c1-11(2)14(10-13(15)8-9-16-14)12-6-4-3-5-7-12/h3-7,11,13H,8-10H2,1-2H3. The van der Waals surface area contributed by atoms with E-state index in [0.717, 1.165) is 19.4 Å². The average molecular weight is 239 g/mol. The van der Waals surface area contributed by atoms with Crippen LogP contribution >= 0.6 is 11.6 Å². The van der Waals surface area contributed by atoms with Gasteiger partial charge in [-0.15, -0.1) is 11.6 Å². The highest BCUT2D eigenvalue weighted by molar-refractivity contribution is 6.20. The molecule has 88 valence electrons. The van der Waals surface area contributed by atoms with E-state index >= 15 is 0 Å². The van der Waals surface area contributed by atoms with Crippen molar-refractivity contribution in [2.45, 2.75) is 37.7 Å². The second kappa shape index (κ2) is 4.77. The van der Waals surface area contributed by atoms with Crippen molar-refractivity contribution in [3.8, 4) is 0 Å². The van der Waals surface area contributed by atoms with E-state index in [-0.39, 0.29) is 11.0 Å². The van der Waals surface area contributed by atoms with Gasteiger partial charge in [-0.05, 0) is 24.3 Å². The van der Waals surface area contributed by atoms with Gasteiger partial charge < -0.3 is 4.74 Å². The lowest BCUT2D eigenvalue weighted by Crippen LogP contribution is -2.42. The second-order valence-electron chi connectivity index (χ2n) is 4.85. The Morgan fingerprint density at radius 1 is 1.31 bits per heavy atom. The molecule has 1 nitrogen and oxygen atoms in total. The van der Waals surface area contributed by atoms with Crippen molar-refractivity contribution in [1.29, 1.82) is 0 Å². The van der Waals surface area contributed by atoms with Crippen LogP contribution in [0, 0.1) is 5.92 Å². The lowest BCUT2D eigenvalue weighted by atomic mass is 9.78. The minimum absolute atomic E-state index is 0.189. The minimum atomic E-state index is -0.189. The maximum absolute atomic E-state index is 6.31. The molecular formula is C14H19ClO. The molecule has 0 aromatic heterocycles. The average Bonchev–Trinajstić information content (AvgIpc) is 2.30. The summed E-state index contributed by atoms with van der Waals surface area (Å²) in [5.41, 5.74) is 1.07. The molecule has 0 N–H and O–H groups in total. The molecule has 0 saturated carbocycles.